The van der Waals surface area contributed by atoms with Crippen molar-refractivity contribution in [3.05, 3.63) is 47.1 Å². The number of esters is 1. The minimum absolute atomic E-state index is 0.0267. The average Bonchev–Trinajstić information content (AvgIpc) is 2.93. The van der Waals surface area contributed by atoms with Crippen molar-refractivity contribution in [2.24, 2.45) is 35.5 Å². The number of aliphatic hydroxyl groups excluding tert-OH is 3. The molecule has 2 aliphatic rings. The summed E-state index contributed by atoms with van der Waals surface area (Å²) in [4.78, 5) is 13.4. The Labute approximate surface area is 259 Å². The van der Waals surface area contributed by atoms with Gasteiger partial charge in [0.25, 0.3) is 0 Å². The first-order chi connectivity index (χ1) is 19.9. The second-order valence-corrected chi connectivity index (χ2v) is 13.7. The highest BCUT2D eigenvalue weighted by atomic mass is 16.6. The van der Waals surface area contributed by atoms with Gasteiger partial charge in [-0.3, -0.25) is 0 Å². The Morgan fingerprint density at radius 2 is 1.67 bits per heavy atom. The van der Waals surface area contributed by atoms with E-state index in [-0.39, 0.29) is 36.2 Å². The molecule has 1 fully saturated rings. The van der Waals surface area contributed by atoms with E-state index in [1.807, 2.05) is 66.7 Å². The number of aliphatic hydroxyl groups is 4. The highest BCUT2D eigenvalue weighted by molar-refractivity contribution is 5.88. The summed E-state index contributed by atoms with van der Waals surface area (Å²) >= 11 is 0. The SMILES string of the molecule is COC1C=CC=C(C)CC(C)C(O)C(C)C=C(C)C=C(C)C(=O)OC1C(C)C(O)C(C)C1(O)CC(O)C(C)C(C(C)C)O1. The molecule has 0 bridgehead atoms. The third-order valence-electron chi connectivity index (χ3n) is 9.48. The van der Waals surface area contributed by atoms with Crippen LogP contribution in [0, 0.1) is 35.5 Å². The van der Waals surface area contributed by atoms with E-state index < -0.39 is 54.1 Å². The molecule has 1 saturated heterocycles. The Balaban J connectivity index is 2.48. The number of allylic oxidation sites excluding steroid dienone is 5. The lowest BCUT2D eigenvalue weighted by Crippen LogP contribution is -2.59. The zero-order chi connectivity index (χ0) is 32.8. The van der Waals surface area contributed by atoms with Gasteiger partial charge in [-0.1, -0.05) is 83.9 Å². The second kappa shape index (κ2) is 16.0. The summed E-state index contributed by atoms with van der Waals surface area (Å²) in [6, 6.07) is 0. The molecule has 43 heavy (non-hydrogen) atoms. The Morgan fingerprint density at radius 3 is 2.26 bits per heavy atom. The van der Waals surface area contributed by atoms with Crippen LogP contribution in [0.15, 0.2) is 47.1 Å². The van der Waals surface area contributed by atoms with Gasteiger partial charge in [0.05, 0.1) is 24.4 Å². The molecule has 0 aromatic heterocycles. The smallest absolute Gasteiger partial charge is 0.334 e. The number of hydrogen-bond donors (Lipinski definition) is 4. The van der Waals surface area contributed by atoms with E-state index in [2.05, 4.69) is 0 Å². The second-order valence-electron chi connectivity index (χ2n) is 13.7. The number of carbonyl (C=O) groups is 1. The predicted octanol–water partition coefficient (Wildman–Crippen LogP) is 5.11. The van der Waals surface area contributed by atoms with E-state index in [0.717, 1.165) is 11.1 Å². The molecule has 0 radical (unpaired) electrons. The van der Waals surface area contributed by atoms with E-state index in [4.69, 9.17) is 14.2 Å². The van der Waals surface area contributed by atoms with Crippen molar-refractivity contribution < 1.29 is 39.4 Å². The number of hydrogen-bond acceptors (Lipinski definition) is 8. The molecule has 0 amide bonds. The summed E-state index contributed by atoms with van der Waals surface area (Å²) in [6.07, 6.45) is 5.44. The van der Waals surface area contributed by atoms with Crippen LogP contribution >= 0.6 is 0 Å². The maximum Gasteiger partial charge on any atom is 0.334 e. The fraction of sp³-hybridized carbons (Fsp3) is 0.743. The molecule has 12 atom stereocenters. The Morgan fingerprint density at radius 1 is 1.05 bits per heavy atom. The molecule has 8 heteroatoms. The molecule has 0 aromatic carbocycles. The van der Waals surface area contributed by atoms with Gasteiger partial charge < -0.3 is 34.6 Å². The summed E-state index contributed by atoms with van der Waals surface area (Å²) < 4.78 is 18.0. The van der Waals surface area contributed by atoms with Gasteiger partial charge in [0, 0.05) is 42.8 Å². The Kier molecular flexibility index (Phi) is 13.9. The van der Waals surface area contributed by atoms with E-state index in [0.29, 0.717) is 12.0 Å². The third-order valence-corrected chi connectivity index (χ3v) is 9.48. The molecule has 12 unspecified atom stereocenters. The number of ether oxygens (including phenoxy) is 3. The summed E-state index contributed by atoms with van der Waals surface area (Å²) in [6.45, 7) is 18.9. The van der Waals surface area contributed by atoms with Gasteiger partial charge in [-0.2, -0.15) is 0 Å². The highest BCUT2D eigenvalue weighted by Gasteiger charge is 2.51. The van der Waals surface area contributed by atoms with Crippen LogP contribution < -0.4 is 0 Å². The van der Waals surface area contributed by atoms with Gasteiger partial charge in [-0.15, -0.1) is 0 Å². The zero-order valence-corrected chi connectivity index (χ0v) is 28.2. The Bertz CT molecular complexity index is 1040. The first kappa shape index (κ1) is 37.4. The minimum Gasteiger partial charge on any atom is -0.456 e. The summed E-state index contributed by atoms with van der Waals surface area (Å²) in [5.41, 5.74) is 2.28. The standard InChI is InChI=1S/C35H58O8/c1-19(2)32-25(8)28(36)18-35(40,43-32)27(10)31(38)26(9)33-29(41-11)14-12-13-20(3)15-22(5)30(37)23(6)16-21(4)17-24(7)34(39)42-33/h12-14,16-17,19,22-23,25-33,36-38,40H,15,18H2,1-11H3. The summed E-state index contributed by atoms with van der Waals surface area (Å²) in [7, 11) is 1.52. The van der Waals surface area contributed by atoms with E-state index in [1.54, 1.807) is 32.9 Å². The van der Waals surface area contributed by atoms with Gasteiger partial charge in [0.15, 0.2) is 5.79 Å². The molecule has 4 N–H and O–H groups in total. The third kappa shape index (κ3) is 9.59. The van der Waals surface area contributed by atoms with E-state index in [1.165, 1.54) is 7.11 Å². The minimum atomic E-state index is -1.77. The molecule has 246 valence electrons. The van der Waals surface area contributed by atoms with Crippen molar-refractivity contribution in [1.29, 1.82) is 0 Å². The average molecular weight is 607 g/mol. The lowest BCUT2D eigenvalue weighted by Gasteiger charge is -2.49. The van der Waals surface area contributed by atoms with Gasteiger partial charge in [0.2, 0.25) is 0 Å². The van der Waals surface area contributed by atoms with Crippen molar-refractivity contribution in [1.82, 2.24) is 0 Å². The highest BCUT2D eigenvalue weighted by Crippen LogP contribution is 2.41. The molecule has 2 rings (SSSR count). The fourth-order valence-corrected chi connectivity index (χ4v) is 6.57. The number of carbonyl (C=O) groups excluding carboxylic acids is 1. The fourth-order valence-electron chi connectivity index (χ4n) is 6.57. The van der Waals surface area contributed by atoms with Crippen LogP contribution in [0.5, 0.6) is 0 Å². The van der Waals surface area contributed by atoms with Crippen molar-refractivity contribution in [2.75, 3.05) is 7.11 Å². The van der Waals surface area contributed by atoms with Crippen LogP contribution in [0.4, 0.5) is 0 Å². The molecule has 2 aliphatic heterocycles. The molecule has 0 saturated carbocycles. The van der Waals surface area contributed by atoms with Crippen LogP contribution in [0.2, 0.25) is 0 Å². The topological polar surface area (TPSA) is 126 Å². The molecule has 0 spiro atoms. The van der Waals surface area contributed by atoms with Gasteiger partial charge >= 0.3 is 5.97 Å². The van der Waals surface area contributed by atoms with E-state index in [9.17, 15) is 25.2 Å². The monoisotopic (exact) mass is 606 g/mol. The molecular formula is C35H58O8. The zero-order valence-electron chi connectivity index (χ0n) is 28.2. The van der Waals surface area contributed by atoms with Crippen LogP contribution in [-0.2, 0) is 19.0 Å². The molecule has 2 heterocycles. The predicted molar refractivity (Wildman–Crippen MR) is 169 cm³/mol. The van der Waals surface area contributed by atoms with E-state index >= 15 is 0 Å². The van der Waals surface area contributed by atoms with Crippen molar-refractivity contribution in [3.63, 3.8) is 0 Å². The van der Waals surface area contributed by atoms with Crippen LogP contribution in [0.1, 0.15) is 82.1 Å². The molecule has 0 aliphatic carbocycles. The first-order valence-electron chi connectivity index (χ1n) is 15.8. The van der Waals surface area contributed by atoms with Crippen molar-refractivity contribution >= 4 is 5.97 Å². The van der Waals surface area contributed by atoms with Crippen LogP contribution in [0.3, 0.4) is 0 Å². The quantitative estimate of drug-likeness (QED) is 0.308. The Hall–Kier alpha value is -1.81. The number of methoxy groups -OCH3 is 1. The van der Waals surface area contributed by atoms with Gasteiger partial charge in [-0.05, 0) is 45.1 Å². The van der Waals surface area contributed by atoms with Crippen LogP contribution in [0.25, 0.3) is 0 Å². The molecule has 8 nitrogen and oxygen atoms in total. The summed E-state index contributed by atoms with van der Waals surface area (Å²) in [5, 5.41) is 44.9. The van der Waals surface area contributed by atoms with Crippen molar-refractivity contribution in [2.45, 2.75) is 124 Å². The van der Waals surface area contributed by atoms with Crippen LogP contribution in [-0.4, -0.2) is 75.9 Å². The molecule has 0 aromatic rings. The largest absolute Gasteiger partial charge is 0.456 e. The lowest BCUT2D eigenvalue weighted by atomic mass is 9.76. The van der Waals surface area contributed by atoms with Crippen molar-refractivity contribution in [3.8, 4) is 0 Å². The lowest BCUT2D eigenvalue weighted by molar-refractivity contribution is -0.328. The van der Waals surface area contributed by atoms with Gasteiger partial charge in [0.1, 0.15) is 12.2 Å². The first-order valence-corrected chi connectivity index (χ1v) is 15.8. The normalized spacial score (nSPS) is 37.6. The maximum absolute atomic E-state index is 13.4. The number of cyclic esters (lactones) is 1. The molecular weight excluding hydrogens is 548 g/mol. The van der Waals surface area contributed by atoms with Gasteiger partial charge in [-0.25, -0.2) is 4.79 Å². The maximum atomic E-state index is 13.4. The summed E-state index contributed by atoms with van der Waals surface area (Å²) in [5.74, 6) is -4.03. The number of rotatable bonds is 6.